The number of nitrogens with zero attached hydrogens (tertiary/aromatic N) is 3. The molecule has 5 nitrogen and oxygen atoms in total. The van der Waals surface area contributed by atoms with Crippen molar-refractivity contribution in [3.8, 4) is 0 Å². The quantitative estimate of drug-likeness (QED) is 0.701. The maximum absolute atomic E-state index is 5.70. The summed E-state index contributed by atoms with van der Waals surface area (Å²) in [7, 11) is 1.84. The van der Waals surface area contributed by atoms with Gasteiger partial charge in [0.25, 0.3) is 0 Å². The van der Waals surface area contributed by atoms with E-state index in [-0.39, 0.29) is 6.04 Å². The summed E-state index contributed by atoms with van der Waals surface area (Å²) >= 11 is 0. The summed E-state index contributed by atoms with van der Waals surface area (Å²) in [5, 5.41) is 11.1. The first-order valence-corrected chi connectivity index (χ1v) is 4.54. The van der Waals surface area contributed by atoms with Crippen LogP contribution in [0.5, 0.6) is 0 Å². The first kappa shape index (κ1) is 9.98. The summed E-state index contributed by atoms with van der Waals surface area (Å²) < 4.78 is 2.03. The summed E-state index contributed by atoms with van der Waals surface area (Å²) in [6.45, 7) is 4.90. The lowest BCUT2D eigenvalue weighted by molar-refractivity contribution is 0.639. The van der Waals surface area contributed by atoms with E-state index >= 15 is 0 Å². The van der Waals surface area contributed by atoms with Gasteiger partial charge in [0, 0.05) is 26.1 Å². The van der Waals surface area contributed by atoms with Crippen LogP contribution in [-0.2, 0) is 13.0 Å². The van der Waals surface area contributed by atoms with Crippen molar-refractivity contribution in [1.82, 2.24) is 14.8 Å². The molecule has 3 N–H and O–H groups in total. The van der Waals surface area contributed by atoms with Crippen LogP contribution in [0.2, 0.25) is 0 Å². The van der Waals surface area contributed by atoms with E-state index in [2.05, 4.69) is 22.4 Å². The van der Waals surface area contributed by atoms with E-state index in [0.29, 0.717) is 0 Å². The molecule has 0 aliphatic rings. The highest BCUT2D eigenvalue weighted by molar-refractivity contribution is 5.24. The molecule has 0 radical (unpaired) electrons. The van der Waals surface area contributed by atoms with E-state index in [1.807, 2.05) is 18.5 Å². The predicted octanol–water partition coefficient (Wildman–Crippen LogP) is 0.229. The molecule has 0 saturated carbocycles. The molecule has 1 aromatic rings. The average molecular weight is 183 g/mol. The molecular weight excluding hydrogens is 166 g/mol. The summed E-state index contributed by atoms with van der Waals surface area (Å²) in [5.41, 5.74) is 5.70. The van der Waals surface area contributed by atoms with Gasteiger partial charge in [0.05, 0.1) is 0 Å². The van der Waals surface area contributed by atoms with Crippen LogP contribution in [0.3, 0.4) is 0 Å². The maximum Gasteiger partial charge on any atom is 0.224 e. The lowest BCUT2D eigenvalue weighted by atomic mass is 10.2. The molecule has 0 aliphatic heterocycles. The minimum absolute atomic E-state index is 0.124. The first-order valence-electron chi connectivity index (χ1n) is 4.54. The minimum Gasteiger partial charge on any atom is -0.357 e. The number of rotatable bonds is 4. The highest BCUT2D eigenvalue weighted by Gasteiger charge is 2.10. The van der Waals surface area contributed by atoms with E-state index < -0.39 is 0 Å². The number of aromatic nitrogens is 3. The zero-order valence-electron chi connectivity index (χ0n) is 8.41. The van der Waals surface area contributed by atoms with Crippen molar-refractivity contribution in [3.63, 3.8) is 0 Å². The van der Waals surface area contributed by atoms with Gasteiger partial charge in [-0.05, 0) is 13.8 Å². The van der Waals surface area contributed by atoms with Crippen molar-refractivity contribution < 1.29 is 0 Å². The Morgan fingerprint density at radius 3 is 2.69 bits per heavy atom. The number of hydrogen-bond acceptors (Lipinski definition) is 4. The summed E-state index contributed by atoms with van der Waals surface area (Å²) in [5.74, 6) is 1.75. The molecule has 0 aliphatic carbocycles. The zero-order valence-corrected chi connectivity index (χ0v) is 8.41. The third-order valence-corrected chi connectivity index (χ3v) is 1.87. The van der Waals surface area contributed by atoms with Crippen molar-refractivity contribution in [2.75, 3.05) is 12.4 Å². The summed E-state index contributed by atoms with van der Waals surface area (Å²) in [6.07, 6.45) is 0.766. The van der Waals surface area contributed by atoms with Gasteiger partial charge in [-0.1, -0.05) is 0 Å². The van der Waals surface area contributed by atoms with Gasteiger partial charge in [0.15, 0.2) is 0 Å². The number of nitrogens with two attached hydrogens (primary N) is 1. The fourth-order valence-electron chi connectivity index (χ4n) is 1.29. The smallest absolute Gasteiger partial charge is 0.224 e. The van der Waals surface area contributed by atoms with Crippen LogP contribution in [0.4, 0.5) is 5.95 Å². The van der Waals surface area contributed by atoms with Crippen LogP contribution in [0.25, 0.3) is 0 Å². The van der Waals surface area contributed by atoms with Crippen LogP contribution in [-0.4, -0.2) is 27.9 Å². The molecule has 0 aromatic carbocycles. The van der Waals surface area contributed by atoms with E-state index in [4.69, 9.17) is 5.73 Å². The maximum atomic E-state index is 5.70. The molecule has 13 heavy (non-hydrogen) atoms. The summed E-state index contributed by atoms with van der Waals surface area (Å²) in [6, 6.07) is 0.124. The lowest BCUT2D eigenvalue weighted by Crippen LogP contribution is -2.20. The zero-order chi connectivity index (χ0) is 9.84. The molecule has 1 heterocycles. The van der Waals surface area contributed by atoms with Gasteiger partial charge in [-0.15, -0.1) is 10.2 Å². The van der Waals surface area contributed by atoms with Crippen molar-refractivity contribution in [3.05, 3.63) is 5.82 Å². The Balaban J connectivity index is 2.87. The van der Waals surface area contributed by atoms with Gasteiger partial charge < -0.3 is 11.1 Å². The van der Waals surface area contributed by atoms with Crippen molar-refractivity contribution in [2.24, 2.45) is 5.73 Å². The summed E-state index contributed by atoms with van der Waals surface area (Å²) in [4.78, 5) is 0. The Hall–Kier alpha value is -1.10. The molecule has 0 saturated heterocycles. The SMILES string of the molecule is CCn1c(CC(C)N)nnc1NC. The van der Waals surface area contributed by atoms with Crippen LogP contribution < -0.4 is 11.1 Å². The Morgan fingerprint density at radius 1 is 1.54 bits per heavy atom. The number of nitrogens with one attached hydrogen (secondary N) is 1. The van der Waals surface area contributed by atoms with E-state index in [1.54, 1.807) is 0 Å². The van der Waals surface area contributed by atoms with Crippen LogP contribution in [0, 0.1) is 0 Å². The minimum atomic E-state index is 0.124. The fourth-order valence-corrected chi connectivity index (χ4v) is 1.29. The third-order valence-electron chi connectivity index (χ3n) is 1.87. The standard InChI is InChI=1S/C8H17N5/c1-4-13-7(5-6(2)9)11-12-8(13)10-3/h6H,4-5,9H2,1-3H3,(H,10,12). The molecule has 1 atom stereocenters. The lowest BCUT2D eigenvalue weighted by Gasteiger charge is -2.07. The highest BCUT2D eigenvalue weighted by Crippen LogP contribution is 2.07. The second kappa shape index (κ2) is 4.23. The van der Waals surface area contributed by atoms with Crippen LogP contribution >= 0.6 is 0 Å². The molecule has 1 unspecified atom stereocenters. The molecule has 0 fully saturated rings. The Kier molecular flexibility index (Phi) is 3.25. The predicted molar refractivity (Wildman–Crippen MR) is 52.6 cm³/mol. The Morgan fingerprint density at radius 2 is 2.23 bits per heavy atom. The van der Waals surface area contributed by atoms with Crippen LogP contribution in [0.15, 0.2) is 0 Å². The van der Waals surface area contributed by atoms with Gasteiger partial charge in [0.1, 0.15) is 5.82 Å². The molecule has 0 bridgehead atoms. The monoisotopic (exact) mass is 183 g/mol. The first-order chi connectivity index (χ1) is 6.19. The van der Waals surface area contributed by atoms with E-state index in [1.165, 1.54) is 0 Å². The van der Waals surface area contributed by atoms with Crippen molar-refractivity contribution >= 4 is 5.95 Å². The Labute approximate surface area is 78.3 Å². The van der Waals surface area contributed by atoms with Gasteiger partial charge in [-0.3, -0.25) is 4.57 Å². The second-order valence-corrected chi connectivity index (χ2v) is 3.12. The third kappa shape index (κ3) is 2.18. The second-order valence-electron chi connectivity index (χ2n) is 3.12. The van der Waals surface area contributed by atoms with Crippen molar-refractivity contribution in [1.29, 1.82) is 0 Å². The Bertz CT molecular complexity index is 265. The van der Waals surface area contributed by atoms with Gasteiger partial charge in [0.2, 0.25) is 5.95 Å². The van der Waals surface area contributed by atoms with E-state index in [0.717, 1.165) is 24.7 Å². The molecule has 5 heteroatoms. The van der Waals surface area contributed by atoms with Gasteiger partial charge in [-0.2, -0.15) is 0 Å². The molecule has 1 aromatic heterocycles. The molecule has 0 spiro atoms. The molecule has 1 rings (SSSR count). The normalized spacial score (nSPS) is 12.9. The van der Waals surface area contributed by atoms with Crippen molar-refractivity contribution in [2.45, 2.75) is 32.9 Å². The topological polar surface area (TPSA) is 68.8 Å². The average Bonchev–Trinajstić information content (AvgIpc) is 2.45. The number of anilines is 1. The van der Waals surface area contributed by atoms with Gasteiger partial charge >= 0.3 is 0 Å². The largest absolute Gasteiger partial charge is 0.357 e. The fraction of sp³-hybridized carbons (Fsp3) is 0.750. The highest BCUT2D eigenvalue weighted by atomic mass is 15.3. The van der Waals surface area contributed by atoms with E-state index in [9.17, 15) is 0 Å². The molecular formula is C8H17N5. The van der Waals surface area contributed by atoms with Crippen LogP contribution in [0.1, 0.15) is 19.7 Å². The van der Waals surface area contributed by atoms with Gasteiger partial charge in [-0.25, -0.2) is 0 Å². The molecule has 0 amide bonds. The number of hydrogen-bond donors (Lipinski definition) is 2. The molecule has 74 valence electrons.